The highest BCUT2D eigenvalue weighted by atomic mass is 35.5. The maximum atomic E-state index is 12.8. The van der Waals surface area contributed by atoms with Gasteiger partial charge in [-0.15, -0.1) is 24.8 Å². The van der Waals surface area contributed by atoms with E-state index in [9.17, 15) is 4.79 Å². The van der Waals surface area contributed by atoms with Crippen molar-refractivity contribution in [3.63, 3.8) is 0 Å². The number of carbonyl (C=O) groups is 1. The van der Waals surface area contributed by atoms with Gasteiger partial charge in [0.25, 0.3) is 5.91 Å². The Morgan fingerprint density at radius 1 is 0.971 bits per heavy atom. The maximum Gasteiger partial charge on any atom is 0.271 e. The lowest BCUT2D eigenvalue weighted by Gasteiger charge is -2.36. The standard InChI is InChI=1S/C24H27Cl2N5O.2ClH/c1-17-23(28-18(2)31(17)19-7-4-3-5-8-19)24(32)27-11-12-29-13-15-30(16-14-29)21-10-6-9-20(25)22(21)26;;/h3-10H,11-16H2,1-2H3,(H,27,32);2*1H. The van der Waals surface area contributed by atoms with Crippen LogP contribution in [0.4, 0.5) is 5.69 Å². The molecule has 10 heteroatoms. The molecule has 0 aliphatic carbocycles. The molecule has 1 aliphatic rings. The Hall–Kier alpha value is -1.96. The van der Waals surface area contributed by atoms with Gasteiger partial charge in [0, 0.05) is 45.0 Å². The molecule has 4 rings (SSSR count). The van der Waals surface area contributed by atoms with E-state index in [2.05, 4.69) is 20.1 Å². The van der Waals surface area contributed by atoms with Gasteiger partial charge in [0.15, 0.2) is 0 Å². The molecule has 1 aromatic heterocycles. The average molecular weight is 545 g/mol. The van der Waals surface area contributed by atoms with Crippen LogP contribution in [0.1, 0.15) is 22.0 Å². The van der Waals surface area contributed by atoms with Crippen LogP contribution in [-0.2, 0) is 0 Å². The predicted octanol–water partition coefficient (Wildman–Crippen LogP) is 5.19. The second-order valence-corrected chi connectivity index (χ2v) is 8.71. The van der Waals surface area contributed by atoms with E-state index in [1.165, 1.54) is 0 Å². The third-order valence-corrected chi connectivity index (χ3v) is 6.67. The zero-order chi connectivity index (χ0) is 22.7. The fraction of sp³-hybridized carbons (Fsp3) is 0.333. The summed E-state index contributed by atoms with van der Waals surface area (Å²) in [5.74, 6) is 0.666. The predicted molar refractivity (Wildman–Crippen MR) is 145 cm³/mol. The highest BCUT2D eigenvalue weighted by Crippen LogP contribution is 2.32. The first-order valence-corrected chi connectivity index (χ1v) is 11.5. The number of hydrogen-bond donors (Lipinski definition) is 1. The van der Waals surface area contributed by atoms with Gasteiger partial charge in [0.05, 0.1) is 21.4 Å². The topological polar surface area (TPSA) is 53.4 Å². The number of nitrogens with one attached hydrogen (secondary N) is 1. The number of para-hydroxylation sites is 1. The van der Waals surface area contributed by atoms with Crippen LogP contribution in [0.15, 0.2) is 48.5 Å². The molecular formula is C24H29Cl4N5O. The number of carbonyl (C=O) groups excluding carboxylic acids is 1. The lowest BCUT2D eigenvalue weighted by Crippen LogP contribution is -2.48. The summed E-state index contributed by atoms with van der Waals surface area (Å²) in [6.45, 7) is 8.76. The highest BCUT2D eigenvalue weighted by Gasteiger charge is 2.21. The van der Waals surface area contributed by atoms with E-state index in [1.54, 1.807) is 6.07 Å². The van der Waals surface area contributed by atoms with Crippen molar-refractivity contribution in [2.24, 2.45) is 0 Å². The number of halogens is 4. The van der Waals surface area contributed by atoms with Crippen molar-refractivity contribution in [2.75, 3.05) is 44.2 Å². The van der Waals surface area contributed by atoms with Crippen LogP contribution < -0.4 is 10.2 Å². The minimum absolute atomic E-state index is 0. The molecule has 1 fully saturated rings. The van der Waals surface area contributed by atoms with Crippen LogP contribution in [0, 0.1) is 13.8 Å². The summed E-state index contributed by atoms with van der Waals surface area (Å²) < 4.78 is 2.01. The minimum Gasteiger partial charge on any atom is -0.368 e. The number of piperazine rings is 1. The zero-order valence-electron chi connectivity index (χ0n) is 19.1. The van der Waals surface area contributed by atoms with Gasteiger partial charge in [-0.2, -0.15) is 0 Å². The number of benzene rings is 2. The van der Waals surface area contributed by atoms with Crippen LogP contribution >= 0.6 is 48.0 Å². The number of hydrogen-bond acceptors (Lipinski definition) is 4. The molecule has 0 atom stereocenters. The molecule has 0 spiro atoms. The van der Waals surface area contributed by atoms with E-state index in [0.29, 0.717) is 22.3 Å². The summed E-state index contributed by atoms with van der Waals surface area (Å²) >= 11 is 12.5. The minimum atomic E-state index is -0.135. The van der Waals surface area contributed by atoms with Gasteiger partial charge in [-0.1, -0.05) is 47.5 Å². The summed E-state index contributed by atoms with van der Waals surface area (Å²) in [5.41, 5.74) is 3.31. The van der Waals surface area contributed by atoms with E-state index < -0.39 is 0 Å². The van der Waals surface area contributed by atoms with Crippen molar-refractivity contribution in [3.8, 4) is 5.69 Å². The van der Waals surface area contributed by atoms with Gasteiger partial charge >= 0.3 is 0 Å². The van der Waals surface area contributed by atoms with E-state index >= 15 is 0 Å². The largest absolute Gasteiger partial charge is 0.368 e. The van der Waals surface area contributed by atoms with Crippen molar-refractivity contribution in [1.82, 2.24) is 19.8 Å². The Balaban J connectivity index is 0.00000204. The first kappa shape index (κ1) is 28.3. The molecular weight excluding hydrogens is 516 g/mol. The van der Waals surface area contributed by atoms with Gasteiger partial charge in [-0.25, -0.2) is 4.98 Å². The third-order valence-electron chi connectivity index (χ3n) is 5.86. The van der Waals surface area contributed by atoms with Crippen molar-refractivity contribution < 1.29 is 4.79 Å². The summed E-state index contributed by atoms with van der Waals surface area (Å²) in [7, 11) is 0. The molecule has 2 heterocycles. The average Bonchev–Trinajstić information content (AvgIpc) is 3.10. The molecule has 3 aromatic rings. The van der Waals surface area contributed by atoms with Crippen LogP contribution in [0.5, 0.6) is 0 Å². The Morgan fingerprint density at radius 2 is 1.65 bits per heavy atom. The fourth-order valence-electron chi connectivity index (χ4n) is 4.17. The first-order valence-electron chi connectivity index (χ1n) is 10.8. The second-order valence-electron chi connectivity index (χ2n) is 7.92. The van der Waals surface area contributed by atoms with Crippen molar-refractivity contribution in [2.45, 2.75) is 13.8 Å². The van der Waals surface area contributed by atoms with Gasteiger partial charge in [0.1, 0.15) is 11.5 Å². The molecule has 6 nitrogen and oxygen atoms in total. The van der Waals surface area contributed by atoms with Crippen LogP contribution in [-0.4, -0.2) is 59.6 Å². The Bertz CT molecular complexity index is 1100. The lowest BCUT2D eigenvalue weighted by molar-refractivity contribution is 0.0942. The van der Waals surface area contributed by atoms with Gasteiger partial charge < -0.3 is 14.8 Å². The van der Waals surface area contributed by atoms with E-state index in [0.717, 1.165) is 55.6 Å². The Morgan fingerprint density at radius 3 is 2.32 bits per heavy atom. The molecule has 0 saturated carbocycles. The van der Waals surface area contributed by atoms with Crippen LogP contribution in [0.3, 0.4) is 0 Å². The smallest absolute Gasteiger partial charge is 0.271 e. The number of aryl methyl sites for hydroxylation is 1. The lowest BCUT2D eigenvalue weighted by atomic mass is 10.2. The van der Waals surface area contributed by atoms with E-state index in [-0.39, 0.29) is 30.7 Å². The summed E-state index contributed by atoms with van der Waals surface area (Å²) in [5, 5.41) is 4.22. The molecule has 0 radical (unpaired) electrons. The van der Waals surface area contributed by atoms with E-state index in [4.69, 9.17) is 23.2 Å². The molecule has 0 unspecified atom stereocenters. The molecule has 34 heavy (non-hydrogen) atoms. The van der Waals surface area contributed by atoms with Crippen molar-refractivity contribution in [3.05, 3.63) is 75.8 Å². The maximum absolute atomic E-state index is 12.8. The number of aromatic nitrogens is 2. The van der Waals surface area contributed by atoms with Crippen molar-refractivity contribution >= 4 is 59.6 Å². The molecule has 1 saturated heterocycles. The summed E-state index contributed by atoms with van der Waals surface area (Å²) in [4.78, 5) is 21.9. The third kappa shape index (κ3) is 6.18. The summed E-state index contributed by atoms with van der Waals surface area (Å²) in [6, 6.07) is 15.7. The summed E-state index contributed by atoms with van der Waals surface area (Å²) in [6.07, 6.45) is 0. The molecule has 1 aliphatic heterocycles. The molecule has 1 amide bonds. The first-order chi connectivity index (χ1) is 15.5. The molecule has 2 aromatic carbocycles. The number of rotatable bonds is 6. The number of nitrogens with zero attached hydrogens (tertiary/aromatic N) is 4. The van der Waals surface area contributed by atoms with Crippen LogP contribution in [0.25, 0.3) is 5.69 Å². The molecule has 184 valence electrons. The normalized spacial score (nSPS) is 13.7. The number of imidazole rings is 1. The quantitative estimate of drug-likeness (QED) is 0.464. The second kappa shape index (κ2) is 12.7. The van der Waals surface area contributed by atoms with Crippen LogP contribution in [0.2, 0.25) is 10.0 Å². The van der Waals surface area contributed by atoms with E-state index in [1.807, 2.05) is 60.9 Å². The monoisotopic (exact) mass is 543 g/mol. The van der Waals surface area contributed by atoms with Gasteiger partial charge in [-0.3, -0.25) is 9.69 Å². The Kier molecular flexibility index (Phi) is 10.5. The number of anilines is 1. The van der Waals surface area contributed by atoms with Gasteiger partial charge in [-0.05, 0) is 38.1 Å². The Labute approximate surface area is 223 Å². The number of amides is 1. The molecule has 0 bridgehead atoms. The van der Waals surface area contributed by atoms with Crippen molar-refractivity contribution in [1.29, 1.82) is 0 Å². The van der Waals surface area contributed by atoms with Gasteiger partial charge in [0.2, 0.25) is 0 Å². The molecule has 1 N–H and O–H groups in total. The SMILES string of the molecule is Cc1nc(C(=O)NCCN2CCN(c3cccc(Cl)c3Cl)CC2)c(C)n1-c1ccccc1.Cl.Cl. The zero-order valence-corrected chi connectivity index (χ0v) is 22.3. The fourth-order valence-corrected chi connectivity index (χ4v) is 4.59. The highest BCUT2D eigenvalue weighted by molar-refractivity contribution is 6.43.